The summed E-state index contributed by atoms with van der Waals surface area (Å²) in [6.45, 7) is 3.66. The fourth-order valence-electron chi connectivity index (χ4n) is 3.92. The fourth-order valence-corrected chi connectivity index (χ4v) is 5.58. The van der Waals surface area contributed by atoms with Gasteiger partial charge in [-0.25, -0.2) is 13.3 Å². The molecule has 1 fully saturated rings. The summed E-state index contributed by atoms with van der Waals surface area (Å²) in [5.41, 5.74) is 0.899. The number of ether oxygens (including phenoxy) is 1. The van der Waals surface area contributed by atoms with Gasteiger partial charge in [0.2, 0.25) is 5.88 Å². The molecule has 1 saturated heterocycles. The summed E-state index contributed by atoms with van der Waals surface area (Å²) >= 11 is 0. The minimum atomic E-state index is -2.84. The van der Waals surface area contributed by atoms with Gasteiger partial charge in [0.25, 0.3) is 5.91 Å². The summed E-state index contributed by atoms with van der Waals surface area (Å²) < 4.78 is 38.4. The zero-order valence-corrected chi connectivity index (χ0v) is 18.4. The maximum absolute atomic E-state index is 14.1. The highest BCUT2D eigenvalue weighted by molar-refractivity contribution is 7.93. The number of piperidine rings is 1. The van der Waals surface area contributed by atoms with Crippen molar-refractivity contribution in [3.63, 3.8) is 0 Å². The van der Waals surface area contributed by atoms with Crippen LogP contribution in [0.4, 0.5) is 4.39 Å². The molecule has 0 radical (unpaired) electrons. The summed E-state index contributed by atoms with van der Waals surface area (Å²) in [4.78, 5) is 26.8. The molecule has 4 rings (SSSR count). The number of aryl methyl sites for hydroxylation is 2. The number of fused-ring (bicyclic) bond motifs is 1. The molecule has 2 amide bonds. The second-order valence-electron chi connectivity index (χ2n) is 8.03. The number of rotatable bonds is 3. The van der Waals surface area contributed by atoms with Gasteiger partial charge < -0.3 is 9.64 Å². The number of nitrogens with zero attached hydrogens (tertiary/aromatic N) is 4. The topological polar surface area (TPSA) is 93.9 Å². The largest absolute Gasteiger partial charge is 0.478 e. The standard InChI is InChI=1S/C21H25FN4O4S/c1-14-4-5-16(17(22)12-14)21(28)25-9-6-15(7-10-25)31(2,29)24-20(27)18-13-19-26(23-18)8-3-11-30-19/h4-5,12-13,15H,3,6-11H2,1-2H3. The second-order valence-corrected chi connectivity index (χ2v) is 10.6. The minimum Gasteiger partial charge on any atom is -0.478 e. The van der Waals surface area contributed by atoms with E-state index < -0.39 is 21.5 Å². The van der Waals surface area contributed by atoms with Crippen molar-refractivity contribution < 1.29 is 22.9 Å². The first-order chi connectivity index (χ1) is 14.7. The molecule has 1 unspecified atom stereocenters. The molecule has 166 valence electrons. The molecule has 10 heteroatoms. The van der Waals surface area contributed by atoms with E-state index in [1.54, 1.807) is 22.6 Å². The summed E-state index contributed by atoms with van der Waals surface area (Å²) in [6, 6.07) is 6.05. The summed E-state index contributed by atoms with van der Waals surface area (Å²) in [7, 11) is -2.84. The molecule has 0 bridgehead atoms. The Bertz CT molecular complexity index is 1120. The highest BCUT2D eigenvalue weighted by Gasteiger charge is 2.30. The second kappa shape index (κ2) is 8.41. The van der Waals surface area contributed by atoms with Crippen LogP contribution in [0.3, 0.4) is 0 Å². The van der Waals surface area contributed by atoms with Crippen molar-refractivity contribution in [2.45, 2.75) is 38.0 Å². The smallest absolute Gasteiger partial charge is 0.305 e. The van der Waals surface area contributed by atoms with Gasteiger partial charge in [-0.2, -0.15) is 9.46 Å². The van der Waals surface area contributed by atoms with Gasteiger partial charge >= 0.3 is 5.91 Å². The third-order valence-corrected chi connectivity index (χ3v) is 7.93. The predicted molar refractivity (Wildman–Crippen MR) is 113 cm³/mol. The van der Waals surface area contributed by atoms with Crippen LogP contribution in [0.1, 0.15) is 45.7 Å². The Kier molecular flexibility index (Phi) is 5.83. The molecule has 0 N–H and O–H groups in total. The molecule has 2 aliphatic heterocycles. The molecule has 0 saturated carbocycles. The van der Waals surface area contributed by atoms with E-state index in [-0.39, 0.29) is 22.4 Å². The van der Waals surface area contributed by atoms with E-state index >= 15 is 0 Å². The number of likely N-dealkylation sites (tertiary alicyclic amines) is 1. The Morgan fingerprint density at radius 3 is 2.65 bits per heavy atom. The quantitative estimate of drug-likeness (QED) is 0.720. The molecule has 1 aromatic heterocycles. The lowest BCUT2D eigenvalue weighted by Crippen LogP contribution is -2.42. The van der Waals surface area contributed by atoms with E-state index in [0.717, 1.165) is 12.0 Å². The number of hydrogen-bond donors (Lipinski definition) is 0. The lowest BCUT2D eigenvalue weighted by atomic mass is 10.1. The average molecular weight is 449 g/mol. The molecular formula is C21H25FN4O4S. The SMILES string of the molecule is Cc1ccc(C(=O)N2CCC(S(C)(=O)=NC(=O)c3cc4n(n3)CCCO4)CC2)c(F)c1. The number of aromatic nitrogens is 2. The molecule has 0 spiro atoms. The third-order valence-electron chi connectivity index (χ3n) is 5.69. The van der Waals surface area contributed by atoms with Gasteiger partial charge in [0.15, 0.2) is 5.69 Å². The Morgan fingerprint density at radius 1 is 1.23 bits per heavy atom. The zero-order chi connectivity index (χ0) is 22.2. The van der Waals surface area contributed by atoms with Crippen LogP contribution in [0.15, 0.2) is 28.6 Å². The molecule has 1 aromatic carbocycles. The number of benzene rings is 1. The number of amides is 2. The lowest BCUT2D eigenvalue weighted by Gasteiger charge is -2.32. The van der Waals surface area contributed by atoms with Crippen LogP contribution >= 0.6 is 0 Å². The number of halogens is 1. The minimum absolute atomic E-state index is 0.0344. The number of carbonyl (C=O) groups excluding carboxylic acids is 2. The van der Waals surface area contributed by atoms with E-state index in [1.165, 1.54) is 24.5 Å². The molecule has 0 aliphatic carbocycles. The van der Waals surface area contributed by atoms with E-state index in [0.29, 0.717) is 45.0 Å². The van der Waals surface area contributed by atoms with Crippen molar-refractivity contribution in [3.8, 4) is 5.88 Å². The van der Waals surface area contributed by atoms with Crippen LogP contribution < -0.4 is 4.74 Å². The van der Waals surface area contributed by atoms with Crippen molar-refractivity contribution in [3.05, 3.63) is 46.9 Å². The monoisotopic (exact) mass is 448 g/mol. The van der Waals surface area contributed by atoms with Gasteiger partial charge in [0.05, 0.1) is 21.9 Å². The van der Waals surface area contributed by atoms with Gasteiger partial charge in [-0.05, 0) is 37.5 Å². The van der Waals surface area contributed by atoms with Crippen molar-refractivity contribution in [2.24, 2.45) is 4.36 Å². The molecule has 31 heavy (non-hydrogen) atoms. The molecule has 2 aliphatic rings. The van der Waals surface area contributed by atoms with Crippen LogP contribution in [0, 0.1) is 12.7 Å². The average Bonchev–Trinajstić information content (AvgIpc) is 3.18. The van der Waals surface area contributed by atoms with E-state index in [1.807, 2.05) is 0 Å². The van der Waals surface area contributed by atoms with Crippen LogP contribution in [-0.2, 0) is 16.3 Å². The summed E-state index contributed by atoms with van der Waals surface area (Å²) in [6.07, 6.45) is 3.13. The van der Waals surface area contributed by atoms with E-state index in [2.05, 4.69) is 9.46 Å². The Hall–Kier alpha value is -2.75. The maximum Gasteiger partial charge on any atom is 0.305 e. The molecule has 2 aromatic rings. The van der Waals surface area contributed by atoms with Crippen molar-refractivity contribution >= 4 is 21.5 Å². The van der Waals surface area contributed by atoms with Crippen molar-refractivity contribution in [2.75, 3.05) is 26.0 Å². The summed E-state index contributed by atoms with van der Waals surface area (Å²) in [5, 5.41) is 3.86. The molecule has 1 atom stereocenters. The van der Waals surface area contributed by atoms with Gasteiger partial charge in [-0.15, -0.1) is 0 Å². The van der Waals surface area contributed by atoms with Crippen LogP contribution in [0.2, 0.25) is 0 Å². The van der Waals surface area contributed by atoms with Crippen molar-refractivity contribution in [1.29, 1.82) is 0 Å². The van der Waals surface area contributed by atoms with E-state index in [4.69, 9.17) is 4.74 Å². The van der Waals surface area contributed by atoms with E-state index in [9.17, 15) is 18.2 Å². The lowest BCUT2D eigenvalue weighted by molar-refractivity contribution is 0.0721. The first-order valence-electron chi connectivity index (χ1n) is 10.3. The summed E-state index contributed by atoms with van der Waals surface area (Å²) in [5.74, 6) is -1.03. The van der Waals surface area contributed by atoms with Crippen LogP contribution in [0.5, 0.6) is 5.88 Å². The van der Waals surface area contributed by atoms with Crippen LogP contribution in [-0.4, -0.2) is 61.9 Å². The van der Waals surface area contributed by atoms with Gasteiger partial charge in [-0.3, -0.25) is 9.59 Å². The Morgan fingerprint density at radius 2 is 1.97 bits per heavy atom. The van der Waals surface area contributed by atoms with Crippen molar-refractivity contribution in [1.82, 2.24) is 14.7 Å². The van der Waals surface area contributed by atoms with Gasteiger partial charge in [0.1, 0.15) is 5.82 Å². The number of carbonyl (C=O) groups is 2. The molecular weight excluding hydrogens is 423 g/mol. The Labute approximate surface area is 180 Å². The highest BCUT2D eigenvalue weighted by Crippen LogP contribution is 2.23. The normalized spacial score (nSPS) is 18.6. The fraction of sp³-hybridized carbons (Fsp3) is 0.476. The highest BCUT2D eigenvalue weighted by atomic mass is 32.2. The maximum atomic E-state index is 14.1. The Balaban J connectivity index is 1.43. The zero-order valence-electron chi connectivity index (χ0n) is 17.5. The number of hydrogen-bond acceptors (Lipinski definition) is 5. The first kappa shape index (κ1) is 21.5. The van der Waals surface area contributed by atoms with Crippen LogP contribution in [0.25, 0.3) is 0 Å². The first-order valence-corrected chi connectivity index (χ1v) is 12.2. The predicted octanol–water partition coefficient (Wildman–Crippen LogP) is 2.66. The molecule has 3 heterocycles. The molecule has 8 nitrogen and oxygen atoms in total. The third kappa shape index (κ3) is 4.48. The van der Waals surface area contributed by atoms with Gasteiger partial charge in [-0.1, -0.05) is 6.07 Å². The van der Waals surface area contributed by atoms with Gasteiger partial charge in [0, 0.05) is 43.6 Å².